The molecular formula is C25H50O6. The highest BCUT2D eigenvalue weighted by Gasteiger charge is 2.60. The molecule has 0 amide bonds. The Morgan fingerprint density at radius 3 is 1.45 bits per heavy atom. The molecular weight excluding hydrogens is 396 g/mol. The van der Waals surface area contributed by atoms with Crippen LogP contribution in [-0.4, -0.2) is 72.8 Å². The molecule has 0 aromatic heterocycles. The molecule has 1 rings (SSSR count). The quantitative estimate of drug-likeness (QED) is 0.299. The number of unbranched alkanes of at least 4 members (excludes halogenated alkanes) is 4. The van der Waals surface area contributed by atoms with Gasteiger partial charge in [-0.15, -0.1) is 0 Å². The third kappa shape index (κ3) is 8.56. The maximum absolute atomic E-state index is 11.8. The molecule has 0 bridgehead atoms. The highest BCUT2D eigenvalue weighted by Crippen LogP contribution is 2.40. The molecule has 0 saturated heterocycles. The first-order valence-corrected chi connectivity index (χ1v) is 12.9. The fourth-order valence-corrected chi connectivity index (χ4v) is 4.21. The van der Waals surface area contributed by atoms with E-state index in [1.165, 1.54) is 0 Å². The van der Waals surface area contributed by atoms with Crippen molar-refractivity contribution in [2.75, 3.05) is 26.4 Å². The largest absolute Gasteiger partial charge is 0.387 e. The minimum Gasteiger partial charge on any atom is -0.387 e. The van der Waals surface area contributed by atoms with Crippen LogP contribution in [0.1, 0.15) is 98.8 Å². The molecule has 6 heteroatoms. The minimum absolute atomic E-state index is 0.425. The van der Waals surface area contributed by atoms with Gasteiger partial charge in [-0.25, -0.2) is 0 Å². The molecule has 0 radical (unpaired) electrons. The molecule has 6 atom stereocenters. The lowest BCUT2D eigenvalue weighted by Gasteiger charge is -2.53. The van der Waals surface area contributed by atoms with Crippen molar-refractivity contribution < 1.29 is 29.2 Å². The zero-order valence-electron chi connectivity index (χ0n) is 20.8. The molecule has 6 nitrogen and oxygen atoms in total. The molecule has 0 aliphatic heterocycles. The van der Waals surface area contributed by atoms with Crippen LogP contribution in [0, 0.1) is 0 Å². The number of aliphatic hydroxyl groups is 2. The molecule has 1 aliphatic carbocycles. The number of aliphatic hydroxyl groups excluding tert-OH is 1. The molecule has 186 valence electrons. The summed E-state index contributed by atoms with van der Waals surface area (Å²) in [7, 11) is 0. The number of ether oxygens (including phenoxy) is 4. The predicted octanol–water partition coefficient (Wildman–Crippen LogP) is 4.63. The minimum atomic E-state index is -1.43. The van der Waals surface area contributed by atoms with Crippen molar-refractivity contribution in [1.82, 2.24) is 0 Å². The SMILES string of the molecule is CCCCOC1C(OCCCC)C(O)C(O)(CCC)C(OCCCC)C1OCCCC. The second kappa shape index (κ2) is 16.4. The Balaban J connectivity index is 3.26. The van der Waals surface area contributed by atoms with Gasteiger partial charge in [0.15, 0.2) is 0 Å². The zero-order chi connectivity index (χ0) is 23.1. The van der Waals surface area contributed by atoms with E-state index in [2.05, 4.69) is 27.7 Å². The van der Waals surface area contributed by atoms with Crippen LogP contribution in [0.2, 0.25) is 0 Å². The highest BCUT2D eigenvalue weighted by atomic mass is 16.6. The Labute approximate surface area is 191 Å². The Bertz CT molecular complexity index is 434. The molecule has 0 heterocycles. The van der Waals surface area contributed by atoms with Gasteiger partial charge in [-0.1, -0.05) is 66.7 Å². The van der Waals surface area contributed by atoms with Gasteiger partial charge in [-0.3, -0.25) is 0 Å². The van der Waals surface area contributed by atoms with E-state index in [4.69, 9.17) is 18.9 Å². The van der Waals surface area contributed by atoms with Crippen LogP contribution < -0.4 is 0 Å². The van der Waals surface area contributed by atoms with E-state index in [0.717, 1.165) is 57.8 Å². The molecule has 1 aliphatic rings. The van der Waals surface area contributed by atoms with Gasteiger partial charge in [0, 0.05) is 26.4 Å². The van der Waals surface area contributed by atoms with E-state index in [9.17, 15) is 10.2 Å². The van der Waals surface area contributed by atoms with Crippen LogP contribution in [0.5, 0.6) is 0 Å². The van der Waals surface area contributed by atoms with Crippen LogP contribution in [0.15, 0.2) is 0 Å². The average molecular weight is 447 g/mol. The molecule has 1 fully saturated rings. The summed E-state index contributed by atoms with van der Waals surface area (Å²) in [5.41, 5.74) is -1.43. The Hall–Kier alpha value is -0.240. The van der Waals surface area contributed by atoms with Crippen LogP contribution in [0.3, 0.4) is 0 Å². The lowest BCUT2D eigenvalue weighted by atomic mass is 9.72. The Kier molecular flexibility index (Phi) is 15.2. The summed E-state index contributed by atoms with van der Waals surface area (Å²) >= 11 is 0. The summed E-state index contributed by atoms with van der Waals surface area (Å²) in [6.07, 6.45) is 5.52. The third-order valence-electron chi connectivity index (χ3n) is 6.13. The van der Waals surface area contributed by atoms with Crippen LogP contribution in [0.4, 0.5) is 0 Å². The summed E-state index contributed by atoms with van der Waals surface area (Å²) in [6, 6.07) is 0. The van der Waals surface area contributed by atoms with E-state index in [1.54, 1.807) is 0 Å². The Morgan fingerprint density at radius 1 is 0.581 bits per heavy atom. The number of hydrogen-bond acceptors (Lipinski definition) is 6. The molecule has 2 N–H and O–H groups in total. The monoisotopic (exact) mass is 446 g/mol. The fraction of sp³-hybridized carbons (Fsp3) is 1.00. The average Bonchev–Trinajstić information content (AvgIpc) is 2.75. The molecule has 1 saturated carbocycles. The van der Waals surface area contributed by atoms with E-state index in [-0.39, 0.29) is 0 Å². The predicted molar refractivity (Wildman–Crippen MR) is 124 cm³/mol. The second-order valence-electron chi connectivity index (χ2n) is 8.90. The summed E-state index contributed by atoms with van der Waals surface area (Å²) < 4.78 is 25.0. The maximum atomic E-state index is 11.8. The third-order valence-corrected chi connectivity index (χ3v) is 6.13. The van der Waals surface area contributed by atoms with Crippen molar-refractivity contribution in [3.05, 3.63) is 0 Å². The lowest BCUT2D eigenvalue weighted by molar-refractivity contribution is -0.302. The number of hydrogen-bond donors (Lipinski definition) is 2. The molecule has 31 heavy (non-hydrogen) atoms. The number of rotatable bonds is 18. The standard InChI is InChI=1S/C25H50O6/c1-6-11-16-28-20-21(29-17-12-7-2)23(26)25(27,15-10-5)24(31-19-14-9-4)22(20)30-18-13-8-3/h20-24,26-27H,6-19H2,1-5H3. The lowest BCUT2D eigenvalue weighted by Crippen LogP contribution is -2.72. The smallest absolute Gasteiger partial charge is 0.122 e. The fourth-order valence-electron chi connectivity index (χ4n) is 4.21. The van der Waals surface area contributed by atoms with Gasteiger partial charge in [0.2, 0.25) is 0 Å². The first-order chi connectivity index (χ1) is 15.0. The topological polar surface area (TPSA) is 77.4 Å². The van der Waals surface area contributed by atoms with E-state index < -0.39 is 36.1 Å². The summed E-state index contributed by atoms with van der Waals surface area (Å²) in [4.78, 5) is 0. The van der Waals surface area contributed by atoms with Crippen molar-refractivity contribution in [3.8, 4) is 0 Å². The first kappa shape index (κ1) is 28.8. The van der Waals surface area contributed by atoms with Gasteiger partial charge in [-0.05, 0) is 32.1 Å². The second-order valence-corrected chi connectivity index (χ2v) is 8.90. The van der Waals surface area contributed by atoms with Crippen molar-refractivity contribution in [2.45, 2.75) is 135 Å². The summed E-state index contributed by atoms with van der Waals surface area (Å²) in [5, 5.41) is 23.1. The normalized spacial score (nSPS) is 31.3. The van der Waals surface area contributed by atoms with Gasteiger partial charge in [0.05, 0.1) is 0 Å². The van der Waals surface area contributed by atoms with Crippen LogP contribution in [-0.2, 0) is 18.9 Å². The van der Waals surface area contributed by atoms with E-state index in [0.29, 0.717) is 32.8 Å². The van der Waals surface area contributed by atoms with Gasteiger partial charge in [0.1, 0.15) is 36.1 Å². The van der Waals surface area contributed by atoms with Crippen molar-refractivity contribution in [1.29, 1.82) is 0 Å². The highest BCUT2D eigenvalue weighted by molar-refractivity contribution is 5.10. The van der Waals surface area contributed by atoms with Crippen molar-refractivity contribution in [3.63, 3.8) is 0 Å². The van der Waals surface area contributed by atoms with E-state index in [1.807, 2.05) is 6.92 Å². The van der Waals surface area contributed by atoms with Crippen molar-refractivity contribution >= 4 is 0 Å². The first-order valence-electron chi connectivity index (χ1n) is 12.9. The van der Waals surface area contributed by atoms with Gasteiger partial charge in [0.25, 0.3) is 0 Å². The summed E-state index contributed by atoms with van der Waals surface area (Å²) in [6.45, 7) is 12.7. The summed E-state index contributed by atoms with van der Waals surface area (Å²) in [5.74, 6) is 0. The van der Waals surface area contributed by atoms with Gasteiger partial charge < -0.3 is 29.2 Å². The van der Waals surface area contributed by atoms with Gasteiger partial charge in [-0.2, -0.15) is 0 Å². The maximum Gasteiger partial charge on any atom is 0.122 e. The molecule has 0 aromatic carbocycles. The van der Waals surface area contributed by atoms with E-state index >= 15 is 0 Å². The zero-order valence-corrected chi connectivity index (χ0v) is 20.8. The molecule has 6 unspecified atom stereocenters. The van der Waals surface area contributed by atoms with Crippen molar-refractivity contribution in [2.24, 2.45) is 0 Å². The van der Waals surface area contributed by atoms with Gasteiger partial charge >= 0.3 is 0 Å². The molecule has 0 spiro atoms. The molecule has 0 aromatic rings. The van der Waals surface area contributed by atoms with Crippen LogP contribution >= 0.6 is 0 Å². The van der Waals surface area contributed by atoms with Crippen LogP contribution in [0.25, 0.3) is 0 Å². The Morgan fingerprint density at radius 2 is 1.00 bits per heavy atom.